The highest BCUT2D eigenvalue weighted by atomic mass is 19.1. The minimum absolute atomic E-state index is 0.241. The average Bonchev–Trinajstić information content (AvgIpc) is 2.39. The highest BCUT2D eigenvalue weighted by Crippen LogP contribution is 2.23. The van der Waals surface area contributed by atoms with Crippen molar-refractivity contribution in [2.45, 2.75) is 45.6 Å². The van der Waals surface area contributed by atoms with Gasteiger partial charge in [0.25, 0.3) is 0 Å². The summed E-state index contributed by atoms with van der Waals surface area (Å²) in [5.41, 5.74) is 0.979. The Morgan fingerprint density at radius 1 is 1.37 bits per heavy atom. The van der Waals surface area contributed by atoms with Crippen molar-refractivity contribution in [2.75, 3.05) is 13.2 Å². The summed E-state index contributed by atoms with van der Waals surface area (Å²) in [5.74, 6) is 1.24. The minimum atomic E-state index is -0.241. The Balaban J connectivity index is 1.70. The van der Waals surface area contributed by atoms with E-state index < -0.39 is 0 Å². The Hall–Kier alpha value is -1.09. The molecule has 0 aromatic heterocycles. The van der Waals surface area contributed by atoms with E-state index >= 15 is 0 Å². The summed E-state index contributed by atoms with van der Waals surface area (Å²) in [6.07, 6.45) is 5.21. The third-order valence-electron chi connectivity index (χ3n) is 3.88. The molecule has 1 aromatic carbocycles. The molecule has 2 nitrogen and oxygen atoms in total. The Morgan fingerprint density at radius 2 is 2.21 bits per heavy atom. The van der Waals surface area contributed by atoms with Crippen molar-refractivity contribution < 1.29 is 9.13 Å². The van der Waals surface area contributed by atoms with Gasteiger partial charge in [-0.1, -0.05) is 25.8 Å². The van der Waals surface area contributed by atoms with Gasteiger partial charge >= 0.3 is 0 Å². The fourth-order valence-corrected chi connectivity index (χ4v) is 2.77. The van der Waals surface area contributed by atoms with Gasteiger partial charge in [0.15, 0.2) is 0 Å². The number of ether oxygens (including phenoxy) is 1. The molecule has 0 aliphatic heterocycles. The van der Waals surface area contributed by atoms with E-state index in [0.29, 0.717) is 18.4 Å². The molecule has 0 saturated heterocycles. The molecule has 1 aliphatic carbocycles. The summed E-state index contributed by atoms with van der Waals surface area (Å²) < 4.78 is 18.7. The molecule has 3 heteroatoms. The average molecular weight is 265 g/mol. The van der Waals surface area contributed by atoms with Crippen LogP contribution in [0.4, 0.5) is 4.39 Å². The molecular formula is C16H24FNO. The summed E-state index contributed by atoms with van der Waals surface area (Å²) in [5, 5.41) is 3.54. The lowest BCUT2D eigenvalue weighted by atomic mass is 9.87. The fourth-order valence-electron chi connectivity index (χ4n) is 2.77. The zero-order valence-electron chi connectivity index (χ0n) is 11.9. The maximum atomic E-state index is 13.1. The van der Waals surface area contributed by atoms with E-state index in [1.54, 1.807) is 6.07 Å². The van der Waals surface area contributed by atoms with Crippen LogP contribution in [0.15, 0.2) is 18.2 Å². The van der Waals surface area contributed by atoms with E-state index in [9.17, 15) is 4.39 Å². The van der Waals surface area contributed by atoms with Gasteiger partial charge in [0.2, 0.25) is 0 Å². The summed E-state index contributed by atoms with van der Waals surface area (Å²) in [4.78, 5) is 0. The van der Waals surface area contributed by atoms with Crippen LogP contribution in [0.5, 0.6) is 5.75 Å². The third-order valence-corrected chi connectivity index (χ3v) is 3.88. The number of benzene rings is 1. The molecule has 2 rings (SSSR count). The van der Waals surface area contributed by atoms with Crippen LogP contribution in [0.2, 0.25) is 0 Å². The molecule has 0 heterocycles. The van der Waals surface area contributed by atoms with E-state index in [0.717, 1.165) is 18.0 Å². The van der Waals surface area contributed by atoms with Crippen LogP contribution in [0.1, 0.15) is 38.2 Å². The summed E-state index contributed by atoms with van der Waals surface area (Å²) in [6, 6.07) is 5.30. The van der Waals surface area contributed by atoms with Gasteiger partial charge in [0, 0.05) is 18.7 Å². The second-order valence-electron chi connectivity index (χ2n) is 5.68. The number of halogens is 1. The normalized spacial score (nSPS) is 23.3. The number of rotatable bonds is 5. The smallest absolute Gasteiger partial charge is 0.126 e. The topological polar surface area (TPSA) is 21.3 Å². The number of hydrogen-bond donors (Lipinski definition) is 1. The van der Waals surface area contributed by atoms with Crippen LogP contribution in [0, 0.1) is 18.7 Å². The van der Waals surface area contributed by atoms with Gasteiger partial charge in [-0.3, -0.25) is 0 Å². The lowest BCUT2D eigenvalue weighted by Gasteiger charge is -2.27. The first-order valence-electron chi connectivity index (χ1n) is 7.27. The first kappa shape index (κ1) is 14.3. The summed E-state index contributed by atoms with van der Waals surface area (Å²) in [7, 11) is 0. The quantitative estimate of drug-likeness (QED) is 0.820. The van der Waals surface area contributed by atoms with Crippen molar-refractivity contribution in [3.63, 3.8) is 0 Å². The van der Waals surface area contributed by atoms with Crippen LogP contribution < -0.4 is 10.1 Å². The van der Waals surface area contributed by atoms with Crippen molar-refractivity contribution in [1.29, 1.82) is 0 Å². The van der Waals surface area contributed by atoms with Crippen LogP contribution in [0.25, 0.3) is 0 Å². The molecule has 1 N–H and O–H groups in total. The summed E-state index contributed by atoms with van der Waals surface area (Å²) in [6.45, 7) is 5.67. The Bertz CT molecular complexity index is 408. The van der Waals surface area contributed by atoms with Gasteiger partial charge in [-0.25, -0.2) is 4.39 Å². The van der Waals surface area contributed by atoms with Crippen molar-refractivity contribution in [2.24, 2.45) is 5.92 Å². The molecule has 1 aliphatic rings. The van der Waals surface area contributed by atoms with Gasteiger partial charge < -0.3 is 10.1 Å². The maximum Gasteiger partial charge on any atom is 0.126 e. The fraction of sp³-hybridized carbons (Fsp3) is 0.625. The van der Waals surface area contributed by atoms with E-state index in [1.165, 1.54) is 37.8 Å². The SMILES string of the molecule is Cc1ccc(F)cc1OCCNC1CCCC(C)C1. The minimum Gasteiger partial charge on any atom is -0.492 e. The predicted octanol–water partition coefficient (Wildman–Crippen LogP) is 3.68. The molecule has 0 amide bonds. The van der Waals surface area contributed by atoms with Gasteiger partial charge in [0.05, 0.1) is 0 Å². The predicted molar refractivity (Wildman–Crippen MR) is 76.1 cm³/mol. The van der Waals surface area contributed by atoms with E-state index in [4.69, 9.17) is 4.74 Å². The summed E-state index contributed by atoms with van der Waals surface area (Å²) >= 11 is 0. The molecule has 0 bridgehead atoms. The zero-order valence-corrected chi connectivity index (χ0v) is 11.9. The van der Waals surface area contributed by atoms with Crippen molar-refractivity contribution in [3.8, 4) is 5.75 Å². The Morgan fingerprint density at radius 3 is 3.00 bits per heavy atom. The largest absolute Gasteiger partial charge is 0.492 e. The second-order valence-corrected chi connectivity index (χ2v) is 5.68. The van der Waals surface area contributed by atoms with Crippen molar-refractivity contribution >= 4 is 0 Å². The third kappa shape index (κ3) is 4.50. The monoisotopic (exact) mass is 265 g/mol. The Labute approximate surface area is 115 Å². The molecule has 1 aromatic rings. The molecule has 106 valence electrons. The molecule has 19 heavy (non-hydrogen) atoms. The molecular weight excluding hydrogens is 241 g/mol. The molecule has 2 unspecified atom stereocenters. The van der Waals surface area contributed by atoms with E-state index in [2.05, 4.69) is 12.2 Å². The number of hydrogen-bond acceptors (Lipinski definition) is 2. The van der Waals surface area contributed by atoms with Gasteiger partial charge in [0.1, 0.15) is 18.2 Å². The second kappa shape index (κ2) is 6.90. The Kier molecular flexibility index (Phi) is 5.20. The lowest BCUT2D eigenvalue weighted by Crippen LogP contribution is -2.36. The molecule has 2 atom stereocenters. The maximum absolute atomic E-state index is 13.1. The lowest BCUT2D eigenvalue weighted by molar-refractivity contribution is 0.265. The van der Waals surface area contributed by atoms with Crippen molar-refractivity contribution in [1.82, 2.24) is 5.32 Å². The first-order chi connectivity index (χ1) is 9.15. The first-order valence-corrected chi connectivity index (χ1v) is 7.27. The molecule has 0 radical (unpaired) electrons. The van der Waals surface area contributed by atoms with E-state index in [1.807, 2.05) is 6.92 Å². The highest BCUT2D eigenvalue weighted by molar-refractivity contribution is 5.32. The zero-order chi connectivity index (χ0) is 13.7. The molecule has 1 saturated carbocycles. The standard InChI is InChI=1S/C16H24FNO/c1-12-4-3-5-15(10-12)18-8-9-19-16-11-14(17)7-6-13(16)2/h6-7,11-12,15,18H,3-5,8-10H2,1-2H3. The molecule has 1 fully saturated rings. The highest BCUT2D eigenvalue weighted by Gasteiger charge is 2.17. The van der Waals surface area contributed by atoms with Crippen molar-refractivity contribution in [3.05, 3.63) is 29.6 Å². The molecule has 0 spiro atoms. The van der Waals surface area contributed by atoms with Crippen LogP contribution >= 0.6 is 0 Å². The van der Waals surface area contributed by atoms with Gasteiger partial charge in [-0.2, -0.15) is 0 Å². The van der Waals surface area contributed by atoms with Crippen LogP contribution in [-0.4, -0.2) is 19.2 Å². The number of nitrogens with one attached hydrogen (secondary N) is 1. The van der Waals surface area contributed by atoms with E-state index in [-0.39, 0.29) is 5.82 Å². The van der Waals surface area contributed by atoms with Gasteiger partial charge in [-0.15, -0.1) is 0 Å². The van der Waals surface area contributed by atoms with Crippen LogP contribution in [0.3, 0.4) is 0 Å². The van der Waals surface area contributed by atoms with Crippen LogP contribution in [-0.2, 0) is 0 Å². The van der Waals surface area contributed by atoms with Gasteiger partial charge in [-0.05, 0) is 37.3 Å². The number of aryl methyl sites for hydroxylation is 1.